The smallest absolute Gasteiger partial charge is 0.230 e. The lowest BCUT2D eigenvalue weighted by molar-refractivity contribution is -0.128. The third-order valence-corrected chi connectivity index (χ3v) is 6.16. The first kappa shape index (κ1) is 18.9. The van der Waals surface area contributed by atoms with Crippen LogP contribution in [0.5, 0.6) is 0 Å². The standard InChI is InChI=1S/C21H20F2N2O2S/c22-17-7-6-15(9-18(17)23)28-12-20(26)24-14-8-21(27)25(11-14)19-10-16(19)13-4-2-1-3-5-13/h1-7,9,14,16,19H,8,10-12H2,(H,24,26). The minimum absolute atomic E-state index is 0.0713. The van der Waals surface area contributed by atoms with Gasteiger partial charge in [0.05, 0.1) is 11.8 Å². The Morgan fingerprint density at radius 3 is 2.68 bits per heavy atom. The number of thioether (sulfide) groups is 1. The van der Waals surface area contributed by atoms with Crippen molar-refractivity contribution in [2.75, 3.05) is 12.3 Å². The van der Waals surface area contributed by atoms with E-state index < -0.39 is 11.6 Å². The van der Waals surface area contributed by atoms with E-state index in [1.54, 1.807) is 0 Å². The Hall–Kier alpha value is -2.41. The molecular weight excluding hydrogens is 382 g/mol. The Labute approximate surface area is 166 Å². The largest absolute Gasteiger partial charge is 0.350 e. The van der Waals surface area contributed by atoms with Gasteiger partial charge in [-0.05, 0) is 30.2 Å². The number of nitrogens with one attached hydrogen (secondary N) is 1. The molecule has 1 saturated carbocycles. The molecule has 1 saturated heterocycles. The number of hydrogen-bond acceptors (Lipinski definition) is 3. The minimum Gasteiger partial charge on any atom is -0.350 e. The molecular formula is C21H20F2N2O2S. The zero-order chi connectivity index (χ0) is 19.7. The Kier molecular flexibility index (Phi) is 5.35. The highest BCUT2D eigenvalue weighted by Crippen LogP contribution is 2.45. The molecule has 0 radical (unpaired) electrons. The van der Waals surface area contributed by atoms with Gasteiger partial charge in [0, 0.05) is 29.8 Å². The van der Waals surface area contributed by atoms with Crippen molar-refractivity contribution >= 4 is 23.6 Å². The second-order valence-electron chi connectivity index (χ2n) is 7.20. The number of likely N-dealkylation sites (tertiary alicyclic amines) is 1. The first-order valence-corrected chi connectivity index (χ1v) is 10.2. The second kappa shape index (κ2) is 7.91. The van der Waals surface area contributed by atoms with Crippen LogP contribution in [0.25, 0.3) is 0 Å². The van der Waals surface area contributed by atoms with E-state index in [1.807, 2.05) is 23.1 Å². The van der Waals surface area contributed by atoms with Gasteiger partial charge < -0.3 is 10.2 Å². The third kappa shape index (κ3) is 4.19. The summed E-state index contributed by atoms with van der Waals surface area (Å²) in [4.78, 5) is 26.9. The summed E-state index contributed by atoms with van der Waals surface area (Å²) in [6.07, 6.45) is 1.27. The van der Waals surface area contributed by atoms with E-state index in [4.69, 9.17) is 0 Å². The third-order valence-electron chi connectivity index (χ3n) is 5.17. The van der Waals surface area contributed by atoms with Gasteiger partial charge in [-0.1, -0.05) is 30.3 Å². The van der Waals surface area contributed by atoms with Crippen molar-refractivity contribution in [3.05, 3.63) is 65.7 Å². The lowest BCUT2D eigenvalue weighted by Gasteiger charge is -2.17. The maximum Gasteiger partial charge on any atom is 0.230 e. The number of hydrogen-bond donors (Lipinski definition) is 1. The molecule has 4 rings (SSSR count). The summed E-state index contributed by atoms with van der Waals surface area (Å²) in [5, 5.41) is 2.88. The lowest BCUT2D eigenvalue weighted by Crippen LogP contribution is -2.38. The van der Waals surface area contributed by atoms with Gasteiger partial charge in [0.1, 0.15) is 0 Å². The molecule has 2 fully saturated rings. The van der Waals surface area contributed by atoms with Crippen molar-refractivity contribution in [2.45, 2.75) is 35.7 Å². The molecule has 1 aliphatic heterocycles. The molecule has 2 aliphatic rings. The molecule has 3 unspecified atom stereocenters. The van der Waals surface area contributed by atoms with Crippen LogP contribution < -0.4 is 5.32 Å². The summed E-state index contributed by atoms with van der Waals surface area (Å²) in [6, 6.07) is 13.7. The van der Waals surface area contributed by atoms with Crippen molar-refractivity contribution in [3.8, 4) is 0 Å². The fraction of sp³-hybridized carbons (Fsp3) is 0.333. The maximum atomic E-state index is 13.2. The van der Waals surface area contributed by atoms with Crippen molar-refractivity contribution in [1.82, 2.24) is 10.2 Å². The van der Waals surface area contributed by atoms with Crippen LogP contribution in [0.4, 0.5) is 8.78 Å². The van der Waals surface area contributed by atoms with Gasteiger partial charge in [-0.3, -0.25) is 9.59 Å². The Bertz CT molecular complexity index is 893. The molecule has 0 bridgehead atoms. The fourth-order valence-corrected chi connectivity index (χ4v) is 4.45. The number of nitrogens with zero attached hydrogens (tertiary/aromatic N) is 1. The topological polar surface area (TPSA) is 49.4 Å². The summed E-state index contributed by atoms with van der Waals surface area (Å²) in [5.41, 5.74) is 1.25. The molecule has 2 amide bonds. The van der Waals surface area contributed by atoms with Crippen LogP contribution in [0.2, 0.25) is 0 Å². The van der Waals surface area contributed by atoms with Gasteiger partial charge in [-0.25, -0.2) is 8.78 Å². The molecule has 28 heavy (non-hydrogen) atoms. The molecule has 2 aromatic rings. The summed E-state index contributed by atoms with van der Waals surface area (Å²) >= 11 is 1.14. The SMILES string of the molecule is O=C(CSc1ccc(F)c(F)c1)NC1CC(=O)N(C2CC2c2ccccc2)C1. The molecule has 0 aromatic heterocycles. The predicted molar refractivity (Wildman–Crippen MR) is 103 cm³/mol. The molecule has 1 N–H and O–H groups in total. The van der Waals surface area contributed by atoms with Crippen LogP contribution in [0.15, 0.2) is 53.4 Å². The van der Waals surface area contributed by atoms with Crippen molar-refractivity contribution < 1.29 is 18.4 Å². The van der Waals surface area contributed by atoms with Crippen LogP contribution in [-0.2, 0) is 9.59 Å². The Balaban J connectivity index is 1.26. The highest BCUT2D eigenvalue weighted by atomic mass is 32.2. The lowest BCUT2D eigenvalue weighted by atomic mass is 10.1. The van der Waals surface area contributed by atoms with E-state index in [0.29, 0.717) is 23.8 Å². The van der Waals surface area contributed by atoms with E-state index in [1.165, 1.54) is 11.6 Å². The highest BCUT2D eigenvalue weighted by Gasteiger charge is 2.47. The van der Waals surface area contributed by atoms with Gasteiger partial charge in [-0.2, -0.15) is 0 Å². The van der Waals surface area contributed by atoms with Gasteiger partial charge in [-0.15, -0.1) is 11.8 Å². The predicted octanol–water partition coefficient (Wildman–Crippen LogP) is 3.33. The zero-order valence-electron chi connectivity index (χ0n) is 15.1. The molecule has 2 aromatic carbocycles. The van der Waals surface area contributed by atoms with Crippen LogP contribution >= 0.6 is 11.8 Å². The quantitative estimate of drug-likeness (QED) is 0.754. The first-order valence-electron chi connectivity index (χ1n) is 9.23. The number of amides is 2. The number of rotatable bonds is 6. The van der Waals surface area contributed by atoms with Crippen LogP contribution in [0.1, 0.15) is 24.3 Å². The molecule has 3 atom stereocenters. The van der Waals surface area contributed by atoms with Gasteiger partial charge >= 0.3 is 0 Å². The van der Waals surface area contributed by atoms with Crippen LogP contribution in [-0.4, -0.2) is 41.1 Å². The maximum absolute atomic E-state index is 13.2. The molecule has 0 spiro atoms. The molecule has 1 heterocycles. The average molecular weight is 402 g/mol. The summed E-state index contributed by atoms with van der Waals surface area (Å²) in [5.74, 6) is -1.52. The van der Waals surface area contributed by atoms with Gasteiger partial charge in [0.15, 0.2) is 11.6 Å². The molecule has 1 aliphatic carbocycles. The normalized spacial score (nSPS) is 23.7. The van der Waals surface area contributed by atoms with E-state index in [0.717, 1.165) is 30.3 Å². The van der Waals surface area contributed by atoms with Crippen LogP contribution in [0, 0.1) is 11.6 Å². The second-order valence-corrected chi connectivity index (χ2v) is 8.25. The van der Waals surface area contributed by atoms with Gasteiger partial charge in [0.2, 0.25) is 11.8 Å². The van der Waals surface area contributed by atoms with Crippen molar-refractivity contribution in [1.29, 1.82) is 0 Å². The van der Waals surface area contributed by atoms with Gasteiger partial charge in [0.25, 0.3) is 0 Å². The van der Waals surface area contributed by atoms with Crippen LogP contribution in [0.3, 0.4) is 0 Å². The Morgan fingerprint density at radius 2 is 1.93 bits per heavy atom. The summed E-state index contributed by atoms with van der Waals surface area (Å²) in [7, 11) is 0. The van der Waals surface area contributed by atoms with E-state index in [9.17, 15) is 18.4 Å². The monoisotopic (exact) mass is 402 g/mol. The fourth-order valence-electron chi connectivity index (χ4n) is 3.72. The molecule has 4 nitrogen and oxygen atoms in total. The van der Waals surface area contributed by atoms with E-state index in [2.05, 4.69) is 17.4 Å². The summed E-state index contributed by atoms with van der Waals surface area (Å²) < 4.78 is 26.2. The first-order chi connectivity index (χ1) is 13.5. The number of carbonyl (C=O) groups excluding carboxylic acids is 2. The van der Waals surface area contributed by atoms with E-state index in [-0.39, 0.29) is 29.7 Å². The number of carbonyl (C=O) groups is 2. The van der Waals surface area contributed by atoms with E-state index >= 15 is 0 Å². The zero-order valence-corrected chi connectivity index (χ0v) is 15.9. The molecule has 7 heteroatoms. The number of benzene rings is 2. The number of halogens is 2. The molecule has 146 valence electrons. The average Bonchev–Trinajstić information content (AvgIpc) is 3.40. The Morgan fingerprint density at radius 1 is 1.14 bits per heavy atom. The summed E-state index contributed by atoms with van der Waals surface area (Å²) in [6.45, 7) is 0.522. The van der Waals surface area contributed by atoms with Crippen molar-refractivity contribution in [3.63, 3.8) is 0 Å². The minimum atomic E-state index is -0.931. The van der Waals surface area contributed by atoms with Crippen molar-refractivity contribution in [2.24, 2.45) is 0 Å². The highest BCUT2D eigenvalue weighted by molar-refractivity contribution is 8.00.